The van der Waals surface area contributed by atoms with Gasteiger partial charge in [-0.1, -0.05) is 60.7 Å². The molecule has 0 radical (unpaired) electrons. The van der Waals surface area contributed by atoms with Gasteiger partial charge in [-0.25, -0.2) is 4.79 Å². The van der Waals surface area contributed by atoms with E-state index in [1.54, 1.807) is 20.3 Å². The van der Waals surface area contributed by atoms with Gasteiger partial charge < -0.3 is 24.1 Å². The fourth-order valence-electron chi connectivity index (χ4n) is 5.72. The van der Waals surface area contributed by atoms with Gasteiger partial charge in [0, 0.05) is 18.2 Å². The summed E-state index contributed by atoms with van der Waals surface area (Å²) in [5.74, 6) is 1.30. The number of nitrogens with one attached hydrogen (secondary N) is 1. The quantitative estimate of drug-likeness (QED) is 0.166. The summed E-state index contributed by atoms with van der Waals surface area (Å²) in [5.41, 5.74) is 0.631. The molecule has 1 fully saturated rings. The Hall–Kier alpha value is -4.77. The molecule has 1 aliphatic rings. The highest BCUT2D eigenvalue weighted by molar-refractivity contribution is 5.87. The minimum atomic E-state index is -1.11. The number of methoxy groups -OCH3 is 2. The van der Waals surface area contributed by atoms with Gasteiger partial charge in [-0.15, -0.1) is 0 Å². The molecule has 5 rings (SSSR count). The topological polar surface area (TPSA) is 129 Å². The molecular formula is C36H38N2O8. The average Bonchev–Trinajstić information content (AvgIpc) is 3.44. The Bertz CT molecular complexity index is 1710. The van der Waals surface area contributed by atoms with Gasteiger partial charge in [0.05, 0.1) is 26.9 Å². The molecule has 1 aromatic heterocycles. The monoisotopic (exact) mass is 626 g/mol. The first-order valence-corrected chi connectivity index (χ1v) is 15.1. The first kappa shape index (κ1) is 32.6. The number of benzene rings is 3. The number of aromatic nitrogens is 2. The second-order valence-electron chi connectivity index (χ2n) is 11.1. The summed E-state index contributed by atoms with van der Waals surface area (Å²) in [6, 6.07) is 25.0. The third-order valence-corrected chi connectivity index (χ3v) is 8.13. The molecule has 10 heteroatoms. The van der Waals surface area contributed by atoms with E-state index in [2.05, 4.69) is 4.98 Å². The molecule has 0 saturated carbocycles. The lowest BCUT2D eigenvalue weighted by atomic mass is 9.80. The molecule has 0 bridgehead atoms. The van der Waals surface area contributed by atoms with Gasteiger partial charge >= 0.3 is 5.69 Å². The lowest BCUT2D eigenvalue weighted by Crippen LogP contribution is -2.38. The molecule has 0 spiro atoms. The van der Waals surface area contributed by atoms with E-state index in [1.807, 2.05) is 78.9 Å². The van der Waals surface area contributed by atoms with Crippen LogP contribution < -0.4 is 20.7 Å². The number of ether oxygens (including phenoxy) is 4. The molecule has 2 N–H and O–H groups in total. The molecule has 1 saturated heterocycles. The number of rotatable bonds is 13. The van der Waals surface area contributed by atoms with Crippen molar-refractivity contribution >= 4 is 5.78 Å². The van der Waals surface area contributed by atoms with Crippen LogP contribution in [-0.4, -0.2) is 53.5 Å². The number of carbonyl (C=O) groups excluding carboxylic acids is 1. The van der Waals surface area contributed by atoms with Crippen LogP contribution in [0.1, 0.15) is 48.2 Å². The Balaban J connectivity index is 1.46. The second-order valence-corrected chi connectivity index (χ2v) is 11.1. The molecule has 0 aliphatic carbocycles. The normalized spacial score (nSPS) is 18.1. The Morgan fingerprint density at radius 2 is 1.54 bits per heavy atom. The summed E-state index contributed by atoms with van der Waals surface area (Å²) in [5, 5.41) is 11.1. The van der Waals surface area contributed by atoms with Gasteiger partial charge in [0.1, 0.15) is 29.4 Å². The zero-order valence-corrected chi connectivity index (χ0v) is 26.1. The average molecular weight is 627 g/mol. The van der Waals surface area contributed by atoms with Gasteiger partial charge in [-0.2, -0.15) is 0 Å². The van der Waals surface area contributed by atoms with Gasteiger partial charge in [0.15, 0.2) is 5.78 Å². The third-order valence-electron chi connectivity index (χ3n) is 8.13. The van der Waals surface area contributed by atoms with Crippen LogP contribution in [0.3, 0.4) is 0 Å². The Kier molecular flexibility index (Phi) is 10.3. The van der Waals surface area contributed by atoms with Crippen LogP contribution in [-0.2, 0) is 26.3 Å². The second kappa shape index (κ2) is 14.6. The number of allylic oxidation sites excluding steroid dienone is 2. The fraction of sp³-hybridized carbons (Fsp3) is 0.306. The predicted octanol–water partition coefficient (Wildman–Crippen LogP) is 4.29. The number of hydrogen-bond donors (Lipinski definition) is 2. The van der Waals surface area contributed by atoms with E-state index in [-0.39, 0.29) is 18.8 Å². The van der Waals surface area contributed by atoms with Crippen LogP contribution in [0.15, 0.2) is 107 Å². The summed E-state index contributed by atoms with van der Waals surface area (Å²) in [6.07, 6.45) is 2.92. The first-order chi connectivity index (χ1) is 22.2. The number of ketones is 1. The maximum atomic E-state index is 12.8. The molecular weight excluding hydrogens is 588 g/mol. The molecule has 10 nitrogen and oxygen atoms in total. The lowest BCUT2D eigenvalue weighted by molar-refractivity contribution is -0.112. The van der Waals surface area contributed by atoms with Crippen LogP contribution in [0.4, 0.5) is 0 Å². The first-order valence-electron chi connectivity index (χ1n) is 15.1. The highest BCUT2D eigenvalue weighted by atomic mass is 16.6. The number of hydrogen-bond acceptors (Lipinski definition) is 8. The number of carbonyl (C=O) groups is 1. The highest BCUT2D eigenvalue weighted by Crippen LogP contribution is 2.42. The van der Waals surface area contributed by atoms with Crippen LogP contribution in [0.5, 0.6) is 11.5 Å². The fourth-order valence-corrected chi connectivity index (χ4v) is 5.72. The van der Waals surface area contributed by atoms with Crippen molar-refractivity contribution in [3.63, 3.8) is 0 Å². The van der Waals surface area contributed by atoms with Crippen molar-refractivity contribution in [1.82, 2.24) is 9.55 Å². The summed E-state index contributed by atoms with van der Waals surface area (Å²) < 4.78 is 25.3. The maximum absolute atomic E-state index is 12.8. The van der Waals surface area contributed by atoms with Gasteiger partial charge in [-0.05, 0) is 66.8 Å². The number of nitrogens with zero attached hydrogens (tertiary/aromatic N) is 1. The number of H-pyrrole nitrogens is 1. The smallest absolute Gasteiger partial charge is 0.330 e. The van der Waals surface area contributed by atoms with Gasteiger partial charge in [0.25, 0.3) is 5.56 Å². The van der Waals surface area contributed by atoms with Crippen LogP contribution in [0, 0.1) is 0 Å². The molecule has 0 unspecified atom stereocenters. The summed E-state index contributed by atoms with van der Waals surface area (Å²) in [6.45, 7) is 1.43. The number of aliphatic hydroxyl groups excluding tert-OH is 1. The van der Waals surface area contributed by atoms with Crippen LogP contribution in [0.2, 0.25) is 0 Å². The number of aromatic amines is 1. The minimum absolute atomic E-state index is 0.0224. The zero-order valence-electron chi connectivity index (χ0n) is 26.1. The van der Waals surface area contributed by atoms with Crippen molar-refractivity contribution in [2.24, 2.45) is 0 Å². The molecule has 3 atom stereocenters. The van der Waals surface area contributed by atoms with E-state index in [4.69, 9.17) is 18.9 Å². The Labute approximate surface area is 266 Å². The Morgan fingerprint density at radius 3 is 2.11 bits per heavy atom. The number of aryl methyl sites for hydroxylation is 1. The van der Waals surface area contributed by atoms with E-state index >= 15 is 0 Å². The van der Waals surface area contributed by atoms with Crippen molar-refractivity contribution in [2.45, 2.75) is 50.2 Å². The van der Waals surface area contributed by atoms with E-state index in [0.717, 1.165) is 16.7 Å². The zero-order chi connectivity index (χ0) is 32.7. The van der Waals surface area contributed by atoms with Crippen molar-refractivity contribution < 1.29 is 28.8 Å². The Morgan fingerprint density at radius 1 is 0.957 bits per heavy atom. The molecule has 0 amide bonds. The number of aliphatic hydroxyl groups is 1. The summed E-state index contributed by atoms with van der Waals surface area (Å²) in [4.78, 5) is 38.9. The third kappa shape index (κ3) is 7.04. The van der Waals surface area contributed by atoms with Gasteiger partial charge in [-0.3, -0.25) is 19.1 Å². The molecule has 4 aromatic rings. The van der Waals surface area contributed by atoms with Crippen molar-refractivity contribution in [3.05, 3.63) is 140 Å². The van der Waals surface area contributed by atoms with Crippen molar-refractivity contribution in [1.29, 1.82) is 0 Å². The van der Waals surface area contributed by atoms with E-state index in [9.17, 15) is 19.5 Å². The summed E-state index contributed by atoms with van der Waals surface area (Å²) in [7, 11) is 3.22. The lowest BCUT2D eigenvalue weighted by Gasteiger charge is -2.37. The molecule has 240 valence electrons. The van der Waals surface area contributed by atoms with Crippen LogP contribution in [0.25, 0.3) is 0 Å². The SMILES string of the molecule is COc1ccc(C(OC[C@H]2O[C@@H](n3cc(CC/C=C/C(C)=O)c(=O)[nH]c3=O)C[C@@H]2O)(c2ccccc2)c2ccc(OC)cc2)cc1. The molecule has 46 heavy (non-hydrogen) atoms. The minimum Gasteiger partial charge on any atom is -0.497 e. The molecule has 1 aliphatic heterocycles. The van der Waals surface area contributed by atoms with E-state index in [1.165, 1.54) is 23.8 Å². The molecule has 3 aromatic carbocycles. The largest absolute Gasteiger partial charge is 0.497 e. The highest BCUT2D eigenvalue weighted by Gasteiger charge is 2.42. The summed E-state index contributed by atoms with van der Waals surface area (Å²) >= 11 is 0. The van der Waals surface area contributed by atoms with Gasteiger partial charge in [0.2, 0.25) is 0 Å². The predicted molar refractivity (Wildman–Crippen MR) is 172 cm³/mol. The molecule has 2 heterocycles. The van der Waals surface area contributed by atoms with E-state index in [0.29, 0.717) is 29.9 Å². The van der Waals surface area contributed by atoms with Crippen molar-refractivity contribution in [2.75, 3.05) is 20.8 Å². The maximum Gasteiger partial charge on any atom is 0.330 e. The standard InChI is InChI=1S/C36H38N2O8/c1-24(39)9-7-8-10-25-22-38(35(42)37-34(25)41)33-21-31(40)32(46-33)23-45-36(26-11-5-4-6-12-26,27-13-17-29(43-2)18-14-27)28-15-19-30(44-3)20-16-28/h4-7,9,11-20,22,31-33,40H,8,10,21,23H2,1-3H3,(H,37,41,42)/b9-7+/t31-,32+,33+/m0/s1. The van der Waals surface area contributed by atoms with E-state index < -0.39 is 35.3 Å². The van der Waals surface area contributed by atoms with Crippen molar-refractivity contribution in [3.8, 4) is 11.5 Å². The van der Waals surface area contributed by atoms with Crippen LogP contribution >= 0.6 is 0 Å².